The number of rotatable bonds is 2. The van der Waals surface area contributed by atoms with Gasteiger partial charge >= 0.3 is 0 Å². The molecule has 0 bridgehead atoms. The number of carbonyl (C=O) groups excluding carboxylic acids is 1. The van der Waals surface area contributed by atoms with Crippen LogP contribution in [0.15, 0.2) is 91.0 Å². The van der Waals surface area contributed by atoms with E-state index in [-0.39, 0.29) is 11.5 Å². The normalized spacial score (nSPS) is 15.0. The van der Waals surface area contributed by atoms with Gasteiger partial charge in [-0.25, -0.2) is 0 Å². The van der Waals surface area contributed by atoms with Crippen LogP contribution < -0.4 is 0 Å². The molecule has 120 valence electrons. The maximum Gasteiger partial charge on any atom is 0.186 e. The third kappa shape index (κ3) is 2.79. The fraction of sp³-hybridized carbons (Fsp3) is 0. The maximum atomic E-state index is 12.2. The largest absolute Gasteiger partial charge is 0.508 e. The molecule has 4 rings (SSSR count). The van der Waals surface area contributed by atoms with Crippen molar-refractivity contribution in [1.82, 2.24) is 0 Å². The zero-order valence-electron chi connectivity index (χ0n) is 13.5. The fourth-order valence-corrected chi connectivity index (χ4v) is 3.20. The lowest BCUT2D eigenvalue weighted by atomic mass is 9.84. The molecule has 1 N–H and O–H groups in total. The van der Waals surface area contributed by atoms with Crippen LogP contribution in [0.4, 0.5) is 0 Å². The van der Waals surface area contributed by atoms with Gasteiger partial charge in [-0.15, -0.1) is 0 Å². The van der Waals surface area contributed by atoms with Gasteiger partial charge in [-0.3, -0.25) is 4.79 Å². The van der Waals surface area contributed by atoms with Crippen molar-refractivity contribution >= 4 is 16.9 Å². The molecule has 25 heavy (non-hydrogen) atoms. The van der Waals surface area contributed by atoms with Crippen molar-refractivity contribution < 1.29 is 9.90 Å². The summed E-state index contributed by atoms with van der Waals surface area (Å²) in [5.74, 6) is 0.258. The smallest absolute Gasteiger partial charge is 0.186 e. The third-order valence-corrected chi connectivity index (χ3v) is 4.37. The topological polar surface area (TPSA) is 37.3 Å². The average molecular weight is 324 g/mol. The van der Waals surface area contributed by atoms with E-state index in [1.54, 1.807) is 18.2 Å². The van der Waals surface area contributed by atoms with Gasteiger partial charge in [0.05, 0.1) is 0 Å². The molecule has 0 spiro atoms. The molecule has 1 aliphatic rings. The molecule has 3 aromatic carbocycles. The average Bonchev–Trinajstić information content (AvgIpc) is 2.66. The van der Waals surface area contributed by atoms with Gasteiger partial charge in [0.15, 0.2) is 5.78 Å². The first-order chi connectivity index (χ1) is 12.2. The minimum absolute atomic E-state index is 0.0254. The maximum absolute atomic E-state index is 12.2. The van der Waals surface area contributed by atoms with Crippen molar-refractivity contribution in [3.8, 4) is 5.75 Å². The van der Waals surface area contributed by atoms with E-state index in [1.165, 1.54) is 0 Å². The molecule has 0 saturated carbocycles. The van der Waals surface area contributed by atoms with Gasteiger partial charge < -0.3 is 5.11 Å². The van der Waals surface area contributed by atoms with E-state index >= 15 is 0 Å². The number of hydrogen-bond acceptors (Lipinski definition) is 2. The highest BCUT2D eigenvalue weighted by atomic mass is 16.3. The standard InChI is InChI=1S/C23H16O2/c24-18-12-10-17(11-13-18)23(16-6-2-1-3-7-16)21-14-15-22(25)20-9-5-4-8-19(20)21/h1-15,24H/b23-21+. The molecule has 0 amide bonds. The van der Waals surface area contributed by atoms with Crippen molar-refractivity contribution in [2.24, 2.45) is 0 Å². The Morgan fingerprint density at radius 2 is 1.24 bits per heavy atom. The van der Waals surface area contributed by atoms with Gasteiger partial charge in [-0.2, -0.15) is 0 Å². The summed E-state index contributed by atoms with van der Waals surface area (Å²) in [4.78, 5) is 12.2. The highest BCUT2D eigenvalue weighted by Crippen LogP contribution is 2.37. The van der Waals surface area contributed by atoms with E-state index in [4.69, 9.17) is 0 Å². The monoisotopic (exact) mass is 324 g/mol. The van der Waals surface area contributed by atoms with E-state index in [9.17, 15) is 9.90 Å². The van der Waals surface area contributed by atoms with E-state index in [2.05, 4.69) is 12.1 Å². The molecule has 1 aliphatic carbocycles. The van der Waals surface area contributed by atoms with E-state index in [0.29, 0.717) is 5.56 Å². The number of benzene rings is 3. The number of allylic oxidation sites excluding steroid dienone is 3. The van der Waals surface area contributed by atoms with Crippen molar-refractivity contribution in [3.05, 3.63) is 113 Å². The number of ketones is 1. The van der Waals surface area contributed by atoms with Gasteiger partial charge in [0, 0.05) is 5.56 Å². The van der Waals surface area contributed by atoms with Crippen LogP contribution in [0.25, 0.3) is 11.1 Å². The molecule has 0 fully saturated rings. The van der Waals surface area contributed by atoms with Gasteiger partial charge in [-0.1, -0.05) is 66.7 Å². The van der Waals surface area contributed by atoms with Crippen LogP contribution in [-0.4, -0.2) is 10.9 Å². The van der Waals surface area contributed by atoms with Crippen LogP contribution in [-0.2, 0) is 0 Å². The van der Waals surface area contributed by atoms with Crippen LogP contribution in [0.1, 0.15) is 27.0 Å². The van der Waals surface area contributed by atoms with Crippen molar-refractivity contribution in [2.75, 3.05) is 0 Å². The van der Waals surface area contributed by atoms with Crippen LogP contribution in [0.2, 0.25) is 0 Å². The molecule has 0 heterocycles. The van der Waals surface area contributed by atoms with Gasteiger partial charge in [0.25, 0.3) is 0 Å². The molecular formula is C23H16O2. The zero-order valence-corrected chi connectivity index (χ0v) is 13.5. The summed E-state index contributed by atoms with van der Waals surface area (Å²) >= 11 is 0. The highest BCUT2D eigenvalue weighted by molar-refractivity contribution is 6.16. The van der Waals surface area contributed by atoms with E-state index in [1.807, 2.05) is 60.7 Å². The second-order valence-corrected chi connectivity index (χ2v) is 5.94. The molecule has 0 saturated heterocycles. The van der Waals surface area contributed by atoms with Gasteiger partial charge in [-0.05, 0) is 52.1 Å². The minimum atomic E-state index is 0.0254. The van der Waals surface area contributed by atoms with Gasteiger partial charge in [0.2, 0.25) is 0 Å². The minimum Gasteiger partial charge on any atom is -0.508 e. The summed E-state index contributed by atoms with van der Waals surface area (Å²) in [7, 11) is 0. The number of phenols is 1. The number of fused-ring (bicyclic) bond motifs is 1. The highest BCUT2D eigenvalue weighted by Gasteiger charge is 2.20. The molecule has 0 aromatic heterocycles. The third-order valence-electron chi connectivity index (χ3n) is 4.37. The SMILES string of the molecule is O=C1C=C/C(=C(/c2ccccc2)c2ccc(O)cc2)c2ccccc21. The van der Waals surface area contributed by atoms with Gasteiger partial charge in [0.1, 0.15) is 5.75 Å². The number of hydrogen-bond donors (Lipinski definition) is 1. The Labute approximate surface area is 146 Å². The predicted molar refractivity (Wildman–Crippen MR) is 100 cm³/mol. The van der Waals surface area contributed by atoms with Crippen molar-refractivity contribution in [2.45, 2.75) is 0 Å². The van der Waals surface area contributed by atoms with E-state index in [0.717, 1.165) is 27.8 Å². The first-order valence-corrected chi connectivity index (χ1v) is 8.15. The molecule has 0 atom stereocenters. The summed E-state index contributed by atoms with van der Waals surface area (Å²) in [5, 5.41) is 9.64. The molecule has 0 unspecified atom stereocenters. The number of carbonyl (C=O) groups is 1. The second-order valence-electron chi connectivity index (χ2n) is 5.94. The summed E-state index contributed by atoms with van der Waals surface area (Å²) in [5.41, 5.74) is 5.75. The van der Waals surface area contributed by atoms with Crippen LogP contribution in [0.3, 0.4) is 0 Å². The first kappa shape index (κ1) is 15.2. The fourth-order valence-electron chi connectivity index (χ4n) is 3.20. The Kier molecular flexibility index (Phi) is 3.79. The Bertz CT molecular complexity index is 994. The zero-order chi connectivity index (χ0) is 17.2. The number of phenolic OH excluding ortho intramolecular Hbond substituents is 1. The van der Waals surface area contributed by atoms with Crippen molar-refractivity contribution in [3.63, 3.8) is 0 Å². The lowest BCUT2D eigenvalue weighted by Crippen LogP contribution is -2.06. The van der Waals surface area contributed by atoms with E-state index < -0.39 is 0 Å². The summed E-state index contributed by atoms with van der Waals surface area (Å²) in [6, 6.07) is 24.9. The number of aromatic hydroxyl groups is 1. The Hall–Kier alpha value is -3.39. The Balaban J connectivity index is 2.04. The summed E-state index contributed by atoms with van der Waals surface area (Å²) in [6.07, 6.45) is 3.51. The lowest BCUT2D eigenvalue weighted by Gasteiger charge is -2.19. The van der Waals surface area contributed by atoms with Crippen LogP contribution in [0, 0.1) is 0 Å². The lowest BCUT2D eigenvalue weighted by molar-refractivity contribution is 0.104. The quantitative estimate of drug-likeness (QED) is 0.712. The molecule has 2 heteroatoms. The summed E-state index contributed by atoms with van der Waals surface area (Å²) in [6.45, 7) is 0. The Morgan fingerprint density at radius 3 is 1.96 bits per heavy atom. The molecule has 0 radical (unpaired) electrons. The predicted octanol–water partition coefficient (Wildman–Crippen LogP) is 5.10. The first-order valence-electron chi connectivity index (χ1n) is 8.15. The van der Waals surface area contributed by atoms with Crippen LogP contribution >= 0.6 is 0 Å². The molecule has 2 nitrogen and oxygen atoms in total. The van der Waals surface area contributed by atoms with Crippen LogP contribution in [0.5, 0.6) is 5.75 Å². The molecular weight excluding hydrogens is 308 g/mol. The second kappa shape index (κ2) is 6.25. The van der Waals surface area contributed by atoms with Crippen molar-refractivity contribution in [1.29, 1.82) is 0 Å². The Morgan fingerprint density at radius 1 is 0.640 bits per heavy atom. The molecule has 0 aliphatic heterocycles. The molecule has 3 aromatic rings. The summed E-state index contributed by atoms with van der Waals surface area (Å²) < 4.78 is 0.